The molecule has 0 aliphatic carbocycles. The van der Waals surface area contributed by atoms with Gasteiger partial charge in [0.2, 0.25) is 0 Å². The molecule has 4 N–H and O–H groups in total. The molecular weight excluding hydrogens is 1450 g/mol. The number of aromatic nitrogens is 12. The number of pyridine rings is 3. The van der Waals surface area contributed by atoms with Crippen LogP contribution in [0.2, 0.25) is 10.2 Å². The molecule has 34 heteroatoms. The second kappa shape index (κ2) is 35.9. The van der Waals surface area contributed by atoms with Gasteiger partial charge in [-0.1, -0.05) is 100 Å². The minimum Gasteiger partial charge on any atom is -0.494 e. The molecule has 30 nitrogen and oxygen atoms in total. The number of methoxy groups -OCH3 is 3. The molecule has 0 spiro atoms. The van der Waals surface area contributed by atoms with E-state index in [0.717, 1.165) is 18.6 Å². The van der Waals surface area contributed by atoms with E-state index in [1.807, 2.05) is 42.5 Å². The number of rotatable bonds is 14. The lowest BCUT2D eigenvalue weighted by atomic mass is 10.1. The van der Waals surface area contributed by atoms with Crippen molar-refractivity contribution < 1.29 is 66.1 Å². The monoisotopic (exact) mass is 1530 g/mol. The van der Waals surface area contributed by atoms with Gasteiger partial charge in [-0.25, -0.2) is 33.1 Å². The summed E-state index contributed by atoms with van der Waals surface area (Å²) in [7, 11) is 4.35. The van der Waals surface area contributed by atoms with Crippen molar-refractivity contribution in [2.24, 2.45) is 0 Å². The highest BCUT2D eigenvalue weighted by Crippen LogP contribution is 2.36. The van der Waals surface area contributed by atoms with Crippen LogP contribution in [-0.4, -0.2) is 242 Å². The number of piperazine rings is 3. The van der Waals surface area contributed by atoms with Crippen LogP contribution in [0.4, 0.5) is 8.78 Å². The highest BCUT2D eigenvalue weighted by molar-refractivity contribution is 6.47. The first-order valence-corrected chi connectivity index (χ1v) is 33.5. The molecule has 15 rings (SSSR count). The predicted molar refractivity (Wildman–Crippen MR) is 401 cm³/mol. The van der Waals surface area contributed by atoms with Gasteiger partial charge in [0.15, 0.2) is 28.4 Å². The van der Waals surface area contributed by atoms with Gasteiger partial charge < -0.3 is 58.6 Å². The van der Waals surface area contributed by atoms with Crippen LogP contribution in [-0.2, 0) is 14.4 Å². The molecule has 3 aliphatic rings. The molecule has 3 fully saturated rings. The summed E-state index contributed by atoms with van der Waals surface area (Å²) in [6, 6.07) is 26.9. The van der Waals surface area contributed by atoms with Gasteiger partial charge in [0.25, 0.3) is 52.8 Å². The molecule has 109 heavy (non-hydrogen) atoms. The van der Waals surface area contributed by atoms with E-state index in [1.165, 1.54) is 95.0 Å². The molecule has 566 valence electrons. The molecule has 6 amide bonds. The maximum Gasteiger partial charge on any atom is 0.295 e. The summed E-state index contributed by atoms with van der Waals surface area (Å²) in [6.07, 6.45) is 16.1. The number of ketones is 3. The number of halogens is 4. The normalized spacial score (nSPS) is 13.2. The van der Waals surface area contributed by atoms with Gasteiger partial charge in [-0.05, 0) is 36.4 Å². The Morgan fingerprint density at radius 2 is 0.725 bits per heavy atom. The quantitative estimate of drug-likeness (QED) is 0.0447. The van der Waals surface area contributed by atoms with Crippen LogP contribution in [0.25, 0.3) is 44.3 Å². The topological polar surface area (TPSA) is 351 Å². The van der Waals surface area contributed by atoms with Crippen LogP contribution in [0.3, 0.4) is 0 Å². The first kappa shape index (κ1) is 80.1. The van der Waals surface area contributed by atoms with E-state index >= 15 is 0 Å². The number of aromatic amines is 4. The first-order valence-electron chi connectivity index (χ1n) is 32.7. The third-order valence-electron chi connectivity index (χ3n) is 17.5. The Balaban J connectivity index is 0.000000179. The number of ether oxygens (including phenoxy) is 3. The van der Waals surface area contributed by atoms with Gasteiger partial charge in [0.05, 0.1) is 132 Å². The van der Waals surface area contributed by atoms with Gasteiger partial charge in [-0.3, -0.25) is 48.2 Å². The van der Waals surface area contributed by atoms with Crippen molar-refractivity contribution in [3.63, 3.8) is 0 Å². The maximum atomic E-state index is 13.5. The number of nitrogens with one attached hydrogen (secondary N) is 4. The number of H-pyrrole nitrogens is 4. The zero-order valence-corrected chi connectivity index (χ0v) is 58.3. The first-order chi connectivity index (χ1) is 51.3. The smallest absolute Gasteiger partial charge is 0.295 e. The minimum atomic E-state index is -0.721. The van der Waals surface area contributed by atoms with Crippen LogP contribution in [0.1, 0.15) is 84.4 Å². The molecular formula is C75H76Cl2F2N18O12. The third-order valence-corrected chi connectivity index (χ3v) is 18.0. The molecule has 0 radical (unpaired) electrons. The Labute approximate surface area is 632 Å². The average Bonchev–Trinajstić information content (AvgIpc) is 1.63. The second-order valence-electron chi connectivity index (χ2n) is 23.7. The molecule has 0 atom stereocenters. The fourth-order valence-electron chi connectivity index (χ4n) is 12.1. The van der Waals surface area contributed by atoms with Crippen LogP contribution in [0, 0.1) is 11.6 Å². The average molecular weight is 1530 g/mol. The number of nitrogens with zero attached hydrogens (tertiary/aromatic N) is 14. The van der Waals surface area contributed by atoms with Crippen molar-refractivity contribution in [2.75, 3.05) is 99.9 Å². The van der Waals surface area contributed by atoms with Gasteiger partial charge in [-0.15, -0.1) is 0 Å². The summed E-state index contributed by atoms with van der Waals surface area (Å²) in [6.45, 7) is 3.63. The van der Waals surface area contributed by atoms with Crippen LogP contribution in [0.15, 0.2) is 165 Å². The van der Waals surface area contributed by atoms with Crippen molar-refractivity contribution in [3.05, 3.63) is 221 Å². The van der Waals surface area contributed by atoms with Gasteiger partial charge in [0, 0.05) is 114 Å². The van der Waals surface area contributed by atoms with Crippen molar-refractivity contribution in [2.45, 2.75) is 22.3 Å². The molecule has 0 unspecified atom stereocenters. The molecule has 3 aliphatic heterocycles. The van der Waals surface area contributed by atoms with Crippen LogP contribution >= 0.6 is 23.2 Å². The summed E-state index contributed by atoms with van der Waals surface area (Å²) in [5.41, 5.74) is 3.54. The lowest BCUT2D eigenvalue weighted by Gasteiger charge is -2.34. The molecule has 0 saturated carbocycles. The highest BCUT2D eigenvalue weighted by atomic mass is 35.5. The van der Waals surface area contributed by atoms with Gasteiger partial charge in [0.1, 0.15) is 17.2 Å². The summed E-state index contributed by atoms with van der Waals surface area (Å²) < 4.78 is 43.8. The second-order valence-corrected chi connectivity index (χ2v) is 24.5. The number of carbonyl (C=O) groups is 9. The van der Waals surface area contributed by atoms with E-state index in [-0.39, 0.29) is 118 Å². The van der Waals surface area contributed by atoms with E-state index in [0.29, 0.717) is 111 Å². The van der Waals surface area contributed by atoms with E-state index in [1.54, 1.807) is 69.4 Å². The SMILES string of the molecule is C.C.C.COc1cnc(-n2cc(Cl)cn2)c2[nH]cc(C(=O)C(=O)N3CCN(C(=O)c4ccccc4)CC3)c12.COc1cnc(-n2cc(F)cn2)c2[nH]cc(C(=O)C(=O)N3CCN(C(=O)c4ccccc4)CC3)c12.COc1cnc(Cl)c2[nH]cc(C(=O)C(=O)N3CCN(C(=O)c4ccccc4)CC3)c12.Fc1cn[nH]c1. The zero-order chi connectivity index (χ0) is 74.7. The Kier molecular flexibility index (Phi) is 26.4. The highest BCUT2D eigenvalue weighted by Gasteiger charge is 2.35. The number of Topliss-reactive ketones (excluding diaryl/α,β-unsaturated/α-hetero) is 3. The minimum absolute atomic E-state index is 0. The number of hydrogen-bond donors (Lipinski definition) is 4. The van der Waals surface area contributed by atoms with Gasteiger partial charge in [-0.2, -0.15) is 15.3 Å². The van der Waals surface area contributed by atoms with Crippen molar-refractivity contribution in [3.8, 4) is 28.9 Å². The fourth-order valence-corrected chi connectivity index (χ4v) is 12.5. The summed E-state index contributed by atoms with van der Waals surface area (Å²) >= 11 is 12.1. The van der Waals surface area contributed by atoms with Crippen LogP contribution in [0.5, 0.6) is 17.2 Å². The Bertz CT molecular complexity index is 5030. The van der Waals surface area contributed by atoms with E-state index in [2.05, 4.69) is 50.3 Å². The lowest BCUT2D eigenvalue weighted by Crippen LogP contribution is -2.52. The lowest BCUT2D eigenvalue weighted by molar-refractivity contribution is -0.128. The van der Waals surface area contributed by atoms with E-state index in [9.17, 15) is 51.9 Å². The Hall–Kier alpha value is -13.0. The summed E-state index contributed by atoms with van der Waals surface area (Å²) in [5, 5.41) is 15.5. The Morgan fingerprint density at radius 3 is 1.03 bits per heavy atom. The number of amides is 6. The standard InChI is InChI=1S/C24H21ClN6O4.C24H21FN6O4.C21H19ClN4O4.C3H3FN2.3CH4/c2*1-35-18-13-27-22(31-14-16(25)11-28-31)20-19(18)17(12-26-20)21(32)24(34)30-9-7-29(8-10-30)23(33)15-5-3-2-4-6-15;1-30-15-12-24-19(22)17-16(15)14(11-23-17)18(27)21(29)26-9-7-25(8-10-26)20(28)13-5-3-2-4-6-13;4-3-1-5-6-2-3;;;/h2*2-6,11-14,26H,7-10H2,1H3;2-6,11-12,23H,7-10H2,1H3;1-2H,(H,5,6);3*1H4. The molecule has 3 saturated heterocycles. The maximum absolute atomic E-state index is 13.5. The molecule has 12 aromatic rings. The molecule has 3 aromatic carbocycles. The fraction of sp³-hybridized carbons (Fsp3) is 0.240. The summed E-state index contributed by atoms with van der Waals surface area (Å²) in [5.74, 6) is -3.51. The number of carbonyl (C=O) groups excluding carboxylic acids is 9. The van der Waals surface area contributed by atoms with E-state index < -0.39 is 40.9 Å². The van der Waals surface area contributed by atoms with Gasteiger partial charge >= 0.3 is 0 Å². The van der Waals surface area contributed by atoms with Crippen molar-refractivity contribution >= 4 is 109 Å². The number of hydrogen-bond acceptors (Lipinski definition) is 18. The van der Waals surface area contributed by atoms with E-state index in [4.69, 9.17) is 37.4 Å². The predicted octanol–water partition coefficient (Wildman–Crippen LogP) is 9.49. The largest absolute Gasteiger partial charge is 0.494 e. The summed E-state index contributed by atoms with van der Waals surface area (Å²) in [4.78, 5) is 147. The number of benzene rings is 3. The third kappa shape index (κ3) is 17.3. The van der Waals surface area contributed by atoms with Crippen molar-refractivity contribution in [1.29, 1.82) is 0 Å². The van der Waals surface area contributed by atoms with Crippen LogP contribution < -0.4 is 14.2 Å². The molecule has 0 bridgehead atoms. The van der Waals surface area contributed by atoms with Crippen molar-refractivity contribution in [1.82, 2.24) is 89.1 Å². The zero-order valence-electron chi connectivity index (χ0n) is 56.7. The molecule has 12 heterocycles. The molecule has 9 aromatic heterocycles. The Morgan fingerprint density at radius 1 is 0.394 bits per heavy atom. The number of fused-ring (bicyclic) bond motifs is 3.